The highest BCUT2D eigenvalue weighted by Gasteiger charge is 2.25. The summed E-state index contributed by atoms with van der Waals surface area (Å²) in [6.45, 7) is 1.73. The zero-order chi connectivity index (χ0) is 17.8. The largest absolute Gasteiger partial charge is 0.464 e. The fourth-order valence-corrected chi connectivity index (χ4v) is 3.06. The zero-order valence-corrected chi connectivity index (χ0v) is 14.2. The lowest BCUT2D eigenvalue weighted by molar-refractivity contribution is -0.118. The summed E-state index contributed by atoms with van der Waals surface area (Å²) >= 11 is 1.19. The first-order valence-corrected chi connectivity index (χ1v) is 8.06. The van der Waals surface area contributed by atoms with Crippen LogP contribution in [-0.4, -0.2) is 44.2 Å². The van der Waals surface area contributed by atoms with Crippen molar-refractivity contribution in [1.82, 2.24) is 25.2 Å². The van der Waals surface area contributed by atoms with Gasteiger partial charge in [-0.15, -0.1) is 16.4 Å². The molecule has 3 aromatic rings. The number of aryl methyl sites for hydroxylation is 1. The minimum Gasteiger partial charge on any atom is -0.464 e. The molecule has 128 valence electrons. The predicted octanol–water partition coefficient (Wildman–Crippen LogP) is 1.45. The summed E-state index contributed by atoms with van der Waals surface area (Å²) in [6, 6.07) is 8.34. The van der Waals surface area contributed by atoms with Gasteiger partial charge >= 0.3 is 5.97 Å². The Labute approximate surface area is 146 Å². The van der Waals surface area contributed by atoms with E-state index < -0.39 is 12.0 Å². The summed E-state index contributed by atoms with van der Waals surface area (Å²) < 4.78 is 6.03. The van der Waals surface area contributed by atoms with Gasteiger partial charge in [-0.3, -0.25) is 10.1 Å². The number of aromatic nitrogens is 5. The van der Waals surface area contributed by atoms with Gasteiger partial charge in [0.2, 0.25) is 0 Å². The van der Waals surface area contributed by atoms with Crippen LogP contribution in [0.5, 0.6) is 0 Å². The quantitative estimate of drug-likeness (QED) is 0.687. The third-order valence-corrected chi connectivity index (χ3v) is 4.28. The molecule has 0 bridgehead atoms. The maximum atomic E-state index is 12.8. The Bertz CT molecular complexity index is 878. The lowest BCUT2D eigenvalue weighted by atomic mass is 10.1. The van der Waals surface area contributed by atoms with E-state index in [1.807, 2.05) is 18.2 Å². The smallest absolute Gasteiger partial charge is 0.357 e. The van der Waals surface area contributed by atoms with Crippen LogP contribution in [0.1, 0.15) is 27.0 Å². The van der Waals surface area contributed by atoms with E-state index in [9.17, 15) is 9.59 Å². The first-order valence-electron chi connectivity index (χ1n) is 7.24. The second kappa shape index (κ2) is 7.18. The van der Waals surface area contributed by atoms with Gasteiger partial charge in [0.1, 0.15) is 6.33 Å². The molecule has 9 nitrogen and oxygen atoms in total. The highest BCUT2D eigenvalue weighted by molar-refractivity contribution is 7.16. The number of nitrogens with one attached hydrogen (secondary N) is 1. The Morgan fingerprint density at radius 3 is 2.68 bits per heavy atom. The lowest BCUT2D eigenvalue weighted by Crippen LogP contribution is -2.27. The summed E-state index contributed by atoms with van der Waals surface area (Å²) in [5.74, 6) is -0.919. The second-order valence-electron chi connectivity index (χ2n) is 5.01. The van der Waals surface area contributed by atoms with Crippen LogP contribution in [0.4, 0.5) is 5.13 Å². The number of methoxy groups -OCH3 is 1. The third kappa shape index (κ3) is 3.53. The number of benzene rings is 1. The Hall–Kier alpha value is -3.14. The van der Waals surface area contributed by atoms with E-state index in [1.165, 1.54) is 29.5 Å². The molecule has 0 radical (unpaired) electrons. The van der Waals surface area contributed by atoms with Crippen molar-refractivity contribution in [2.45, 2.75) is 13.0 Å². The Morgan fingerprint density at radius 1 is 1.28 bits per heavy atom. The molecule has 3 rings (SSSR count). The monoisotopic (exact) mass is 358 g/mol. The minimum absolute atomic E-state index is 0.182. The third-order valence-electron chi connectivity index (χ3n) is 3.40. The van der Waals surface area contributed by atoms with Crippen LogP contribution >= 0.6 is 11.3 Å². The van der Waals surface area contributed by atoms with Crippen LogP contribution in [0, 0.1) is 6.92 Å². The molecule has 2 heterocycles. The number of carbonyl (C=O) groups is 2. The van der Waals surface area contributed by atoms with Crippen LogP contribution in [0.15, 0.2) is 36.7 Å². The van der Waals surface area contributed by atoms with Crippen molar-refractivity contribution >= 4 is 28.3 Å². The van der Waals surface area contributed by atoms with Crippen molar-refractivity contribution in [3.05, 3.63) is 52.8 Å². The first kappa shape index (κ1) is 16.7. The number of anilines is 1. The van der Waals surface area contributed by atoms with E-state index in [4.69, 9.17) is 0 Å². The van der Waals surface area contributed by atoms with E-state index in [0.717, 1.165) is 0 Å². The number of esters is 1. The zero-order valence-electron chi connectivity index (χ0n) is 13.4. The van der Waals surface area contributed by atoms with Gasteiger partial charge in [0.25, 0.3) is 5.91 Å². The van der Waals surface area contributed by atoms with Gasteiger partial charge in [-0.05, 0) is 22.9 Å². The molecule has 1 N–H and O–H groups in total. The molecule has 2 aromatic heterocycles. The molecule has 0 aliphatic carbocycles. The van der Waals surface area contributed by atoms with E-state index >= 15 is 0 Å². The summed E-state index contributed by atoms with van der Waals surface area (Å²) in [6.07, 6.45) is 1.37. The van der Waals surface area contributed by atoms with Crippen LogP contribution < -0.4 is 5.32 Å². The molecule has 0 aliphatic heterocycles. The molecule has 25 heavy (non-hydrogen) atoms. The first-order chi connectivity index (χ1) is 12.1. The van der Waals surface area contributed by atoms with Crippen LogP contribution in [-0.2, 0) is 9.53 Å². The molecule has 0 saturated heterocycles. The van der Waals surface area contributed by atoms with Crippen molar-refractivity contribution in [3.8, 4) is 0 Å². The number of ether oxygens (including phenoxy) is 1. The van der Waals surface area contributed by atoms with Crippen LogP contribution in [0.25, 0.3) is 0 Å². The number of nitrogens with zero attached hydrogens (tertiary/aromatic N) is 5. The van der Waals surface area contributed by atoms with Crippen molar-refractivity contribution < 1.29 is 14.3 Å². The van der Waals surface area contributed by atoms with Gasteiger partial charge in [-0.25, -0.2) is 14.5 Å². The number of tetrazole rings is 1. The van der Waals surface area contributed by atoms with E-state index in [0.29, 0.717) is 15.6 Å². The SMILES string of the molecule is COC(=O)c1nc(NC(=O)C(c2ccccc2)n2cnnn2)sc1C. The molecule has 10 heteroatoms. The Balaban J connectivity index is 1.88. The van der Waals surface area contributed by atoms with Gasteiger partial charge in [-0.1, -0.05) is 30.3 Å². The van der Waals surface area contributed by atoms with Gasteiger partial charge in [0.15, 0.2) is 16.9 Å². The number of amides is 1. The van der Waals surface area contributed by atoms with Crippen molar-refractivity contribution in [1.29, 1.82) is 0 Å². The summed E-state index contributed by atoms with van der Waals surface area (Å²) in [5, 5.41) is 14.0. The van der Waals surface area contributed by atoms with Gasteiger partial charge in [-0.2, -0.15) is 0 Å². The maximum absolute atomic E-state index is 12.8. The average Bonchev–Trinajstić information content (AvgIpc) is 3.25. The van der Waals surface area contributed by atoms with Gasteiger partial charge in [0, 0.05) is 4.88 Å². The standard InChI is InChI=1S/C15H14N6O3S/c1-9-11(14(23)24-2)17-15(25-9)18-13(22)12(21-8-16-19-20-21)10-6-4-3-5-7-10/h3-8,12H,1-2H3,(H,17,18,22). The molecule has 0 saturated carbocycles. The van der Waals surface area contributed by atoms with E-state index in [1.54, 1.807) is 19.1 Å². The number of thiazole rings is 1. The minimum atomic E-state index is -0.762. The van der Waals surface area contributed by atoms with Crippen molar-refractivity contribution in [3.63, 3.8) is 0 Å². The lowest BCUT2D eigenvalue weighted by Gasteiger charge is -2.15. The van der Waals surface area contributed by atoms with Crippen molar-refractivity contribution in [2.75, 3.05) is 12.4 Å². The molecule has 0 aliphatic rings. The summed E-state index contributed by atoms with van der Waals surface area (Å²) in [7, 11) is 1.28. The molecule has 1 amide bonds. The Kier molecular flexibility index (Phi) is 4.80. The fraction of sp³-hybridized carbons (Fsp3) is 0.200. The van der Waals surface area contributed by atoms with Crippen molar-refractivity contribution in [2.24, 2.45) is 0 Å². The fourth-order valence-electron chi connectivity index (χ4n) is 2.26. The van der Waals surface area contributed by atoms with E-state index in [2.05, 4.69) is 30.6 Å². The van der Waals surface area contributed by atoms with Crippen LogP contribution in [0.3, 0.4) is 0 Å². The molecule has 1 aromatic carbocycles. The van der Waals surface area contributed by atoms with Gasteiger partial charge < -0.3 is 4.74 Å². The highest BCUT2D eigenvalue weighted by Crippen LogP contribution is 2.25. The molecule has 0 spiro atoms. The molecular weight excluding hydrogens is 344 g/mol. The maximum Gasteiger partial charge on any atom is 0.357 e. The average molecular weight is 358 g/mol. The number of carbonyl (C=O) groups excluding carboxylic acids is 2. The summed E-state index contributed by atoms with van der Waals surface area (Å²) in [4.78, 5) is 29.2. The molecule has 1 atom stereocenters. The molecule has 1 unspecified atom stereocenters. The molecule has 0 fully saturated rings. The Morgan fingerprint density at radius 2 is 2.04 bits per heavy atom. The normalized spacial score (nSPS) is 11.8. The predicted molar refractivity (Wildman–Crippen MR) is 89.2 cm³/mol. The van der Waals surface area contributed by atoms with Gasteiger partial charge in [0.05, 0.1) is 7.11 Å². The number of hydrogen-bond acceptors (Lipinski definition) is 8. The highest BCUT2D eigenvalue weighted by atomic mass is 32.1. The second-order valence-corrected chi connectivity index (χ2v) is 6.21. The van der Waals surface area contributed by atoms with Crippen LogP contribution in [0.2, 0.25) is 0 Å². The number of rotatable bonds is 5. The molecular formula is C15H14N6O3S. The summed E-state index contributed by atoms with van der Waals surface area (Å²) in [5.41, 5.74) is 0.898. The number of hydrogen-bond donors (Lipinski definition) is 1. The van der Waals surface area contributed by atoms with E-state index in [-0.39, 0.29) is 11.6 Å². The topological polar surface area (TPSA) is 112 Å².